The van der Waals surface area contributed by atoms with Crippen molar-refractivity contribution in [3.8, 4) is 0 Å². The van der Waals surface area contributed by atoms with Crippen molar-refractivity contribution in [1.82, 2.24) is 9.80 Å². The quantitative estimate of drug-likeness (QED) is 0.422. The highest BCUT2D eigenvalue weighted by molar-refractivity contribution is 9.10. The molecule has 2 aromatic carbocycles. The average Bonchev–Trinajstić information content (AvgIpc) is 3.28. The lowest BCUT2D eigenvalue weighted by molar-refractivity contribution is -0.133. The third-order valence-corrected chi connectivity index (χ3v) is 5.55. The third-order valence-electron chi connectivity index (χ3n) is 5.05. The van der Waals surface area contributed by atoms with Crippen LogP contribution in [0.3, 0.4) is 0 Å². The predicted octanol–water partition coefficient (Wildman–Crippen LogP) is 5.16. The van der Waals surface area contributed by atoms with E-state index in [4.69, 9.17) is 4.42 Å². The highest BCUT2D eigenvalue weighted by atomic mass is 79.9. The Morgan fingerprint density at radius 1 is 1.00 bits per heavy atom. The third kappa shape index (κ3) is 6.56. The van der Waals surface area contributed by atoms with Gasteiger partial charge < -0.3 is 14.2 Å². The number of nitrogens with zero attached hydrogens (tertiary/aromatic N) is 2. The van der Waals surface area contributed by atoms with E-state index in [-0.39, 0.29) is 24.4 Å². The standard InChI is InChI=1S/C25H27BrN2O3/c1-19(2)28(25(30)21-10-6-11-22(26)16-21)18-24(29)27(17-23-12-7-15-31-23)14-13-20-8-4-3-5-9-20/h3-12,15-16,19H,13-14,17-18H2,1-2H3. The van der Waals surface area contributed by atoms with E-state index in [9.17, 15) is 9.59 Å². The van der Waals surface area contributed by atoms with Crippen LogP contribution in [0.4, 0.5) is 0 Å². The van der Waals surface area contributed by atoms with Gasteiger partial charge in [-0.2, -0.15) is 0 Å². The summed E-state index contributed by atoms with van der Waals surface area (Å²) in [6, 6.07) is 20.8. The van der Waals surface area contributed by atoms with Crippen molar-refractivity contribution in [3.05, 3.63) is 94.4 Å². The highest BCUT2D eigenvalue weighted by Gasteiger charge is 2.25. The first-order chi connectivity index (χ1) is 14.9. The van der Waals surface area contributed by atoms with Gasteiger partial charge in [0, 0.05) is 22.6 Å². The lowest BCUT2D eigenvalue weighted by Crippen LogP contribution is -2.46. The van der Waals surface area contributed by atoms with Crippen molar-refractivity contribution in [3.63, 3.8) is 0 Å². The van der Waals surface area contributed by atoms with Crippen molar-refractivity contribution in [2.24, 2.45) is 0 Å². The summed E-state index contributed by atoms with van der Waals surface area (Å²) >= 11 is 3.41. The average molecular weight is 483 g/mol. The first kappa shape index (κ1) is 22.8. The Morgan fingerprint density at radius 3 is 2.42 bits per heavy atom. The Bertz CT molecular complexity index is 987. The van der Waals surface area contributed by atoms with Crippen molar-refractivity contribution < 1.29 is 14.0 Å². The fourth-order valence-corrected chi connectivity index (χ4v) is 3.71. The van der Waals surface area contributed by atoms with Gasteiger partial charge in [0.25, 0.3) is 5.91 Å². The summed E-state index contributed by atoms with van der Waals surface area (Å²) in [5.41, 5.74) is 1.71. The second-order valence-corrected chi connectivity index (χ2v) is 8.58. The van der Waals surface area contributed by atoms with Gasteiger partial charge in [0.05, 0.1) is 12.8 Å². The molecule has 0 bridgehead atoms. The lowest BCUT2D eigenvalue weighted by atomic mass is 10.1. The number of hydrogen-bond donors (Lipinski definition) is 0. The predicted molar refractivity (Wildman–Crippen MR) is 125 cm³/mol. The van der Waals surface area contributed by atoms with Crippen LogP contribution in [0.2, 0.25) is 0 Å². The van der Waals surface area contributed by atoms with Crippen LogP contribution in [0.1, 0.15) is 35.5 Å². The molecule has 31 heavy (non-hydrogen) atoms. The Labute approximate surface area is 191 Å². The van der Waals surface area contributed by atoms with E-state index in [0.29, 0.717) is 18.7 Å². The molecule has 0 spiro atoms. The second kappa shape index (κ2) is 11.0. The largest absolute Gasteiger partial charge is 0.467 e. The lowest BCUT2D eigenvalue weighted by Gasteiger charge is -2.30. The molecule has 0 aliphatic heterocycles. The smallest absolute Gasteiger partial charge is 0.254 e. The summed E-state index contributed by atoms with van der Waals surface area (Å²) in [5.74, 6) is 0.450. The van der Waals surface area contributed by atoms with Gasteiger partial charge in [0.2, 0.25) is 5.91 Å². The molecule has 0 radical (unpaired) electrons. The fourth-order valence-electron chi connectivity index (χ4n) is 3.31. The van der Waals surface area contributed by atoms with Gasteiger partial charge in [-0.3, -0.25) is 9.59 Å². The number of carbonyl (C=O) groups is 2. The molecule has 3 rings (SSSR count). The minimum absolute atomic E-state index is 0.0124. The number of halogens is 1. The van der Waals surface area contributed by atoms with E-state index in [2.05, 4.69) is 15.9 Å². The van der Waals surface area contributed by atoms with Gasteiger partial charge in [0.15, 0.2) is 0 Å². The Morgan fingerprint density at radius 2 is 1.77 bits per heavy atom. The first-order valence-electron chi connectivity index (χ1n) is 10.3. The van der Waals surface area contributed by atoms with Gasteiger partial charge in [-0.15, -0.1) is 0 Å². The molecule has 5 nitrogen and oxygen atoms in total. The van der Waals surface area contributed by atoms with E-state index >= 15 is 0 Å². The molecule has 0 fully saturated rings. The van der Waals surface area contributed by atoms with Crippen LogP contribution in [0.15, 0.2) is 81.9 Å². The molecular weight excluding hydrogens is 456 g/mol. The Balaban J connectivity index is 1.75. The van der Waals surface area contributed by atoms with Crippen LogP contribution in [-0.4, -0.2) is 40.7 Å². The maximum atomic E-state index is 13.3. The van der Waals surface area contributed by atoms with Crippen LogP contribution in [0, 0.1) is 0 Å². The molecule has 1 heterocycles. The van der Waals surface area contributed by atoms with Gasteiger partial charge in [0.1, 0.15) is 12.3 Å². The number of amides is 2. The summed E-state index contributed by atoms with van der Waals surface area (Å²) in [5, 5.41) is 0. The maximum absolute atomic E-state index is 13.3. The molecule has 0 saturated heterocycles. The van der Waals surface area contributed by atoms with E-state index in [0.717, 1.165) is 22.2 Å². The number of carbonyl (C=O) groups excluding carboxylic acids is 2. The number of rotatable bonds is 9. The molecule has 0 atom stereocenters. The topological polar surface area (TPSA) is 53.8 Å². The summed E-state index contributed by atoms with van der Waals surface area (Å²) in [6.07, 6.45) is 2.33. The molecule has 3 aromatic rings. The Hall–Kier alpha value is -2.86. The molecule has 2 amide bonds. The summed E-state index contributed by atoms with van der Waals surface area (Å²) in [7, 11) is 0. The van der Waals surface area contributed by atoms with Crippen LogP contribution in [-0.2, 0) is 17.8 Å². The van der Waals surface area contributed by atoms with Crippen molar-refractivity contribution in [2.75, 3.05) is 13.1 Å². The van der Waals surface area contributed by atoms with Crippen LogP contribution >= 0.6 is 15.9 Å². The monoisotopic (exact) mass is 482 g/mol. The van der Waals surface area contributed by atoms with Crippen LogP contribution in [0.5, 0.6) is 0 Å². The summed E-state index contributed by atoms with van der Waals surface area (Å²) in [6.45, 7) is 4.77. The zero-order chi connectivity index (χ0) is 22.2. The van der Waals surface area contributed by atoms with Crippen LogP contribution in [0.25, 0.3) is 0 Å². The van der Waals surface area contributed by atoms with E-state index < -0.39 is 0 Å². The van der Waals surface area contributed by atoms with Gasteiger partial charge in [-0.05, 0) is 56.2 Å². The molecule has 0 N–H and O–H groups in total. The first-order valence-corrected chi connectivity index (χ1v) is 11.1. The molecular formula is C25H27BrN2O3. The number of hydrogen-bond acceptors (Lipinski definition) is 3. The van der Waals surface area contributed by atoms with E-state index in [1.54, 1.807) is 28.2 Å². The van der Waals surface area contributed by atoms with E-state index in [1.165, 1.54) is 0 Å². The molecule has 0 saturated carbocycles. The second-order valence-electron chi connectivity index (χ2n) is 7.67. The SMILES string of the molecule is CC(C)N(CC(=O)N(CCc1ccccc1)Cc1ccco1)C(=O)c1cccc(Br)c1. The zero-order valence-corrected chi connectivity index (χ0v) is 19.4. The molecule has 0 unspecified atom stereocenters. The minimum atomic E-state index is -0.161. The summed E-state index contributed by atoms with van der Waals surface area (Å²) in [4.78, 5) is 29.8. The van der Waals surface area contributed by atoms with Gasteiger partial charge in [-0.1, -0.05) is 52.3 Å². The minimum Gasteiger partial charge on any atom is -0.467 e. The molecule has 0 aliphatic rings. The molecule has 1 aromatic heterocycles. The van der Waals surface area contributed by atoms with Crippen molar-refractivity contribution in [1.29, 1.82) is 0 Å². The molecule has 6 heteroatoms. The van der Waals surface area contributed by atoms with E-state index in [1.807, 2.05) is 68.4 Å². The van der Waals surface area contributed by atoms with Gasteiger partial charge >= 0.3 is 0 Å². The highest BCUT2D eigenvalue weighted by Crippen LogP contribution is 2.16. The molecule has 162 valence electrons. The summed E-state index contributed by atoms with van der Waals surface area (Å²) < 4.78 is 6.30. The normalized spacial score (nSPS) is 10.8. The van der Waals surface area contributed by atoms with Gasteiger partial charge in [-0.25, -0.2) is 0 Å². The zero-order valence-electron chi connectivity index (χ0n) is 17.8. The number of furan rings is 1. The number of benzene rings is 2. The van der Waals surface area contributed by atoms with Crippen molar-refractivity contribution in [2.45, 2.75) is 32.9 Å². The maximum Gasteiger partial charge on any atom is 0.254 e. The van der Waals surface area contributed by atoms with Crippen LogP contribution < -0.4 is 0 Å². The molecule has 0 aliphatic carbocycles. The van der Waals surface area contributed by atoms with Crippen molar-refractivity contribution >= 4 is 27.7 Å². The fraction of sp³-hybridized carbons (Fsp3) is 0.280. The Kier molecular flexibility index (Phi) is 8.06.